The van der Waals surface area contributed by atoms with Gasteiger partial charge in [0.05, 0.1) is 6.61 Å². The van der Waals surface area contributed by atoms with Crippen LogP contribution in [-0.2, 0) is 6.42 Å². The zero-order valence-electron chi connectivity index (χ0n) is 12.8. The molecule has 2 atom stereocenters. The molecule has 2 aromatic rings. The lowest BCUT2D eigenvalue weighted by atomic mass is 9.87. The number of nitrogens with one attached hydrogen (secondary N) is 1. The van der Waals surface area contributed by atoms with Crippen LogP contribution in [0.3, 0.4) is 0 Å². The number of hydrogen-bond acceptors (Lipinski definition) is 2. The molecular formula is C19H23NO. The first-order chi connectivity index (χ1) is 10.3. The van der Waals surface area contributed by atoms with E-state index in [0.29, 0.717) is 12.0 Å². The van der Waals surface area contributed by atoms with Crippen molar-refractivity contribution in [2.45, 2.75) is 32.2 Å². The summed E-state index contributed by atoms with van der Waals surface area (Å²) in [4.78, 5) is 0. The van der Waals surface area contributed by atoms with Crippen LogP contribution in [0.15, 0.2) is 48.5 Å². The Bertz CT molecular complexity index is 608. The van der Waals surface area contributed by atoms with E-state index in [0.717, 1.165) is 25.3 Å². The molecule has 2 unspecified atom stereocenters. The molecule has 0 aromatic heterocycles. The number of rotatable bonds is 5. The first kappa shape index (κ1) is 14.2. The molecule has 21 heavy (non-hydrogen) atoms. The highest BCUT2D eigenvalue weighted by atomic mass is 16.5. The molecule has 1 N–H and O–H groups in total. The Morgan fingerprint density at radius 3 is 2.81 bits per heavy atom. The fourth-order valence-corrected chi connectivity index (χ4v) is 3.18. The second-order valence-corrected chi connectivity index (χ2v) is 5.59. The summed E-state index contributed by atoms with van der Waals surface area (Å²) in [6, 6.07) is 17.6. The molecule has 0 saturated carbocycles. The fraction of sp³-hybridized carbons (Fsp3) is 0.368. The molecule has 0 spiro atoms. The molecule has 1 aliphatic rings. The minimum Gasteiger partial charge on any atom is -0.493 e. The second kappa shape index (κ2) is 6.31. The number of para-hydroxylation sites is 1. The average molecular weight is 281 g/mol. The Hall–Kier alpha value is -1.80. The molecule has 0 fully saturated rings. The summed E-state index contributed by atoms with van der Waals surface area (Å²) in [5.41, 5.74) is 4.08. The van der Waals surface area contributed by atoms with E-state index in [1.165, 1.54) is 16.7 Å². The van der Waals surface area contributed by atoms with Crippen molar-refractivity contribution in [3.63, 3.8) is 0 Å². The number of benzene rings is 2. The third-order valence-electron chi connectivity index (χ3n) is 4.28. The van der Waals surface area contributed by atoms with Gasteiger partial charge in [-0.25, -0.2) is 0 Å². The second-order valence-electron chi connectivity index (χ2n) is 5.59. The number of fused-ring (bicyclic) bond motifs is 1. The minimum atomic E-state index is 0.310. The molecule has 2 aromatic carbocycles. The molecule has 0 aliphatic carbocycles. The topological polar surface area (TPSA) is 21.3 Å². The Balaban J connectivity index is 1.95. The fourth-order valence-electron chi connectivity index (χ4n) is 3.18. The highest BCUT2D eigenvalue weighted by Crippen LogP contribution is 2.41. The van der Waals surface area contributed by atoms with Gasteiger partial charge in [0.1, 0.15) is 5.75 Å². The van der Waals surface area contributed by atoms with Crippen LogP contribution in [0.2, 0.25) is 0 Å². The van der Waals surface area contributed by atoms with Crippen molar-refractivity contribution in [3.05, 3.63) is 65.2 Å². The number of ether oxygens (including phenoxy) is 1. The van der Waals surface area contributed by atoms with Crippen molar-refractivity contribution in [1.29, 1.82) is 0 Å². The smallest absolute Gasteiger partial charge is 0.122 e. The highest BCUT2D eigenvalue weighted by Gasteiger charge is 2.31. The predicted molar refractivity (Wildman–Crippen MR) is 86.9 cm³/mol. The molecular weight excluding hydrogens is 258 g/mol. The highest BCUT2D eigenvalue weighted by molar-refractivity contribution is 5.42. The van der Waals surface area contributed by atoms with Gasteiger partial charge in [-0.05, 0) is 30.2 Å². The first-order valence-electron chi connectivity index (χ1n) is 7.87. The maximum absolute atomic E-state index is 5.88. The average Bonchev–Trinajstić information content (AvgIpc) is 2.96. The maximum atomic E-state index is 5.88. The zero-order chi connectivity index (χ0) is 14.7. The van der Waals surface area contributed by atoms with Gasteiger partial charge >= 0.3 is 0 Å². The van der Waals surface area contributed by atoms with Gasteiger partial charge in [0.15, 0.2) is 0 Å². The third kappa shape index (κ3) is 2.81. The van der Waals surface area contributed by atoms with E-state index < -0.39 is 0 Å². The van der Waals surface area contributed by atoms with Gasteiger partial charge in [-0.3, -0.25) is 0 Å². The Morgan fingerprint density at radius 1 is 1.14 bits per heavy atom. The van der Waals surface area contributed by atoms with E-state index in [2.05, 4.69) is 61.6 Å². The van der Waals surface area contributed by atoms with Crippen LogP contribution in [0.4, 0.5) is 0 Å². The van der Waals surface area contributed by atoms with Crippen molar-refractivity contribution < 1.29 is 4.74 Å². The van der Waals surface area contributed by atoms with Gasteiger partial charge in [-0.15, -0.1) is 0 Å². The summed E-state index contributed by atoms with van der Waals surface area (Å²) in [5.74, 6) is 1.42. The molecule has 0 radical (unpaired) electrons. The van der Waals surface area contributed by atoms with E-state index >= 15 is 0 Å². The molecule has 0 saturated heterocycles. The van der Waals surface area contributed by atoms with Crippen LogP contribution >= 0.6 is 0 Å². The number of aryl methyl sites for hydroxylation is 1. The van der Waals surface area contributed by atoms with Crippen LogP contribution in [-0.4, -0.2) is 13.2 Å². The molecule has 1 aliphatic heterocycles. The van der Waals surface area contributed by atoms with E-state index in [4.69, 9.17) is 4.74 Å². The number of likely N-dealkylation sites (N-methyl/N-ethyl adjacent to an activating group) is 1. The van der Waals surface area contributed by atoms with Gasteiger partial charge in [0, 0.05) is 17.5 Å². The first-order valence-corrected chi connectivity index (χ1v) is 7.87. The van der Waals surface area contributed by atoms with Gasteiger partial charge in [-0.2, -0.15) is 0 Å². The molecule has 0 amide bonds. The van der Waals surface area contributed by atoms with Crippen molar-refractivity contribution in [2.24, 2.45) is 0 Å². The van der Waals surface area contributed by atoms with E-state index in [1.807, 2.05) is 6.07 Å². The van der Waals surface area contributed by atoms with Gasteiger partial charge in [0.2, 0.25) is 0 Å². The van der Waals surface area contributed by atoms with Crippen molar-refractivity contribution in [1.82, 2.24) is 5.32 Å². The zero-order valence-corrected chi connectivity index (χ0v) is 12.8. The minimum absolute atomic E-state index is 0.310. The monoisotopic (exact) mass is 281 g/mol. The Labute approximate surface area is 127 Å². The van der Waals surface area contributed by atoms with Crippen molar-refractivity contribution >= 4 is 0 Å². The third-order valence-corrected chi connectivity index (χ3v) is 4.28. The summed E-state index contributed by atoms with van der Waals surface area (Å²) in [5, 5.41) is 3.65. The molecule has 2 heteroatoms. The Kier molecular flexibility index (Phi) is 4.26. The quantitative estimate of drug-likeness (QED) is 0.891. The predicted octanol–water partition coefficient (Wildman–Crippen LogP) is 4.08. The maximum Gasteiger partial charge on any atom is 0.122 e. The molecule has 0 bridgehead atoms. The normalized spacial score (nSPS) is 18.1. The lowest BCUT2D eigenvalue weighted by molar-refractivity contribution is 0.301. The van der Waals surface area contributed by atoms with Crippen LogP contribution in [0.25, 0.3) is 0 Å². The lowest BCUT2D eigenvalue weighted by Gasteiger charge is -2.24. The lowest BCUT2D eigenvalue weighted by Crippen LogP contribution is -2.28. The summed E-state index contributed by atoms with van der Waals surface area (Å²) >= 11 is 0. The van der Waals surface area contributed by atoms with Crippen LogP contribution in [0.1, 0.15) is 42.5 Å². The summed E-state index contributed by atoms with van der Waals surface area (Å²) in [6.45, 7) is 6.08. The van der Waals surface area contributed by atoms with E-state index in [9.17, 15) is 0 Å². The summed E-state index contributed by atoms with van der Waals surface area (Å²) < 4.78 is 5.88. The van der Waals surface area contributed by atoms with Crippen LogP contribution in [0, 0.1) is 0 Å². The van der Waals surface area contributed by atoms with Crippen molar-refractivity contribution in [3.8, 4) is 5.75 Å². The van der Waals surface area contributed by atoms with Crippen LogP contribution < -0.4 is 10.1 Å². The van der Waals surface area contributed by atoms with Crippen molar-refractivity contribution in [2.75, 3.05) is 13.2 Å². The van der Waals surface area contributed by atoms with E-state index in [1.54, 1.807) is 0 Å². The standard InChI is InChI=1S/C19H23NO/c1-3-14-8-7-9-15(12-14)19(20-4-2)17-13-21-18-11-6-5-10-16(17)18/h5-12,17,19-20H,3-4,13H2,1-2H3. The largest absolute Gasteiger partial charge is 0.493 e. The summed E-state index contributed by atoms with van der Waals surface area (Å²) in [6.07, 6.45) is 1.07. The number of hydrogen-bond donors (Lipinski definition) is 1. The van der Waals surface area contributed by atoms with Gasteiger partial charge in [0.25, 0.3) is 0 Å². The van der Waals surface area contributed by atoms with Gasteiger partial charge in [-0.1, -0.05) is 56.3 Å². The van der Waals surface area contributed by atoms with E-state index in [-0.39, 0.29) is 0 Å². The summed E-state index contributed by atoms with van der Waals surface area (Å²) in [7, 11) is 0. The molecule has 3 rings (SSSR count). The molecule has 110 valence electrons. The SMILES string of the molecule is CCNC(c1cccc(CC)c1)C1COc2ccccc21. The Morgan fingerprint density at radius 2 is 2.00 bits per heavy atom. The molecule has 1 heterocycles. The molecule has 2 nitrogen and oxygen atoms in total. The van der Waals surface area contributed by atoms with Crippen LogP contribution in [0.5, 0.6) is 5.75 Å². The van der Waals surface area contributed by atoms with Gasteiger partial charge < -0.3 is 10.1 Å².